The lowest BCUT2D eigenvalue weighted by Gasteiger charge is -2.09. The first kappa shape index (κ1) is 14.8. The Labute approximate surface area is 112 Å². The Bertz CT molecular complexity index is 407. The maximum atomic E-state index is 11.4. The zero-order valence-corrected chi connectivity index (χ0v) is 11.6. The first-order valence-electron chi connectivity index (χ1n) is 5.78. The first-order valence-corrected chi connectivity index (χ1v) is 6.16. The Morgan fingerprint density at radius 1 is 1.44 bits per heavy atom. The van der Waals surface area contributed by atoms with Crippen molar-refractivity contribution in [2.45, 2.75) is 20.8 Å². The topological polar surface area (TPSA) is 47.6 Å². The molecule has 0 radical (unpaired) electrons. The molecule has 0 saturated carbocycles. The van der Waals surface area contributed by atoms with E-state index in [-0.39, 0.29) is 12.5 Å². The molecule has 1 aromatic rings. The van der Waals surface area contributed by atoms with E-state index in [1.165, 1.54) is 0 Å². The molecule has 0 aliphatic rings. The van der Waals surface area contributed by atoms with Crippen LogP contribution in [0.5, 0.6) is 5.75 Å². The number of rotatable bonds is 6. The third-order valence-corrected chi connectivity index (χ3v) is 2.53. The molecule has 0 bridgehead atoms. The maximum Gasteiger partial charge on any atom is 0.281 e. The summed E-state index contributed by atoms with van der Waals surface area (Å²) in [6, 6.07) is 5.24. The van der Waals surface area contributed by atoms with Gasteiger partial charge in [-0.25, -0.2) is 5.48 Å². The molecule has 1 rings (SSSR count). The molecule has 1 amide bonds. The SMILES string of the molecule is Cc1cc(OCC(=O)NOCC(C)C)ccc1Cl. The van der Waals surface area contributed by atoms with Gasteiger partial charge in [0.15, 0.2) is 6.61 Å². The number of carbonyl (C=O) groups excluding carboxylic acids is 1. The van der Waals surface area contributed by atoms with Gasteiger partial charge in [-0.2, -0.15) is 0 Å². The number of aryl methyl sites for hydroxylation is 1. The smallest absolute Gasteiger partial charge is 0.281 e. The molecular formula is C13H18ClNO3. The van der Waals surface area contributed by atoms with Crippen LogP contribution < -0.4 is 10.2 Å². The molecular weight excluding hydrogens is 254 g/mol. The van der Waals surface area contributed by atoms with E-state index in [9.17, 15) is 4.79 Å². The van der Waals surface area contributed by atoms with Crippen LogP contribution in [-0.4, -0.2) is 19.1 Å². The predicted octanol–water partition coefficient (Wildman–Crippen LogP) is 2.73. The van der Waals surface area contributed by atoms with E-state index in [2.05, 4.69) is 5.48 Å². The van der Waals surface area contributed by atoms with Gasteiger partial charge in [-0.15, -0.1) is 0 Å². The normalized spacial score (nSPS) is 10.5. The summed E-state index contributed by atoms with van der Waals surface area (Å²) in [4.78, 5) is 16.4. The van der Waals surface area contributed by atoms with Crippen molar-refractivity contribution in [3.63, 3.8) is 0 Å². The van der Waals surface area contributed by atoms with Crippen LogP contribution >= 0.6 is 11.6 Å². The highest BCUT2D eigenvalue weighted by atomic mass is 35.5. The second-order valence-electron chi connectivity index (χ2n) is 4.43. The van der Waals surface area contributed by atoms with Gasteiger partial charge in [0.25, 0.3) is 5.91 Å². The first-order chi connectivity index (χ1) is 8.49. The Balaban J connectivity index is 2.31. The van der Waals surface area contributed by atoms with Crippen molar-refractivity contribution >= 4 is 17.5 Å². The molecule has 1 aromatic carbocycles. The fraction of sp³-hybridized carbons (Fsp3) is 0.462. The van der Waals surface area contributed by atoms with Crippen LogP contribution in [0.1, 0.15) is 19.4 Å². The van der Waals surface area contributed by atoms with Gasteiger partial charge in [0.05, 0.1) is 6.61 Å². The summed E-state index contributed by atoms with van der Waals surface area (Å²) in [5.74, 6) is 0.657. The Morgan fingerprint density at radius 2 is 2.17 bits per heavy atom. The summed E-state index contributed by atoms with van der Waals surface area (Å²) in [5.41, 5.74) is 3.23. The van der Waals surface area contributed by atoms with Gasteiger partial charge in [-0.1, -0.05) is 25.4 Å². The number of hydrogen-bond acceptors (Lipinski definition) is 3. The zero-order chi connectivity index (χ0) is 13.5. The lowest BCUT2D eigenvalue weighted by atomic mass is 10.2. The summed E-state index contributed by atoms with van der Waals surface area (Å²) in [6.07, 6.45) is 0. The van der Waals surface area contributed by atoms with Crippen LogP contribution in [0, 0.1) is 12.8 Å². The summed E-state index contributed by atoms with van der Waals surface area (Å²) in [7, 11) is 0. The fourth-order valence-corrected chi connectivity index (χ4v) is 1.29. The molecule has 0 spiro atoms. The van der Waals surface area contributed by atoms with E-state index in [4.69, 9.17) is 21.2 Å². The number of hydrogen-bond donors (Lipinski definition) is 1. The average Bonchev–Trinajstić information content (AvgIpc) is 2.30. The van der Waals surface area contributed by atoms with Gasteiger partial charge in [0.1, 0.15) is 5.75 Å². The van der Waals surface area contributed by atoms with Crippen LogP contribution in [-0.2, 0) is 9.63 Å². The zero-order valence-electron chi connectivity index (χ0n) is 10.8. The second-order valence-corrected chi connectivity index (χ2v) is 4.84. The number of amides is 1. The lowest BCUT2D eigenvalue weighted by molar-refractivity contribution is -0.136. The number of ether oxygens (including phenoxy) is 1. The van der Waals surface area contributed by atoms with Crippen LogP contribution in [0.25, 0.3) is 0 Å². The van der Waals surface area contributed by atoms with Crippen LogP contribution in [0.3, 0.4) is 0 Å². The molecule has 0 heterocycles. The van der Waals surface area contributed by atoms with E-state index in [1.54, 1.807) is 18.2 Å². The van der Waals surface area contributed by atoms with Crippen LogP contribution in [0.2, 0.25) is 5.02 Å². The molecule has 5 heteroatoms. The van der Waals surface area contributed by atoms with Gasteiger partial charge in [-0.05, 0) is 36.6 Å². The Kier molecular flexibility index (Phi) is 5.95. The van der Waals surface area contributed by atoms with E-state index < -0.39 is 0 Å². The van der Waals surface area contributed by atoms with Crippen molar-refractivity contribution in [3.05, 3.63) is 28.8 Å². The lowest BCUT2D eigenvalue weighted by Crippen LogP contribution is -2.30. The molecule has 0 aliphatic carbocycles. The van der Waals surface area contributed by atoms with Gasteiger partial charge in [0.2, 0.25) is 0 Å². The second kappa shape index (κ2) is 7.24. The van der Waals surface area contributed by atoms with Gasteiger partial charge >= 0.3 is 0 Å². The molecule has 100 valence electrons. The summed E-state index contributed by atoms with van der Waals surface area (Å²) < 4.78 is 5.31. The minimum Gasteiger partial charge on any atom is -0.484 e. The predicted molar refractivity (Wildman–Crippen MR) is 70.6 cm³/mol. The Hall–Kier alpha value is -1.26. The number of nitrogens with one attached hydrogen (secondary N) is 1. The molecule has 1 N–H and O–H groups in total. The van der Waals surface area contributed by atoms with Crippen molar-refractivity contribution in [2.24, 2.45) is 5.92 Å². The van der Waals surface area contributed by atoms with E-state index in [1.807, 2.05) is 20.8 Å². The Morgan fingerprint density at radius 3 is 2.78 bits per heavy atom. The molecule has 18 heavy (non-hydrogen) atoms. The molecule has 0 atom stereocenters. The number of halogens is 1. The standard InChI is InChI=1S/C13H18ClNO3/c1-9(2)7-18-15-13(16)8-17-11-4-5-12(14)10(3)6-11/h4-6,9H,7-8H2,1-3H3,(H,15,16). The number of carbonyl (C=O) groups is 1. The van der Waals surface area contributed by atoms with Crippen molar-refractivity contribution in [1.82, 2.24) is 5.48 Å². The highest BCUT2D eigenvalue weighted by Gasteiger charge is 2.04. The molecule has 0 saturated heterocycles. The van der Waals surface area contributed by atoms with Crippen molar-refractivity contribution < 1.29 is 14.4 Å². The third kappa shape index (κ3) is 5.38. The number of benzene rings is 1. The molecule has 4 nitrogen and oxygen atoms in total. The van der Waals surface area contributed by atoms with Crippen molar-refractivity contribution in [1.29, 1.82) is 0 Å². The van der Waals surface area contributed by atoms with Gasteiger partial charge in [-0.3, -0.25) is 9.63 Å². The molecule has 0 fully saturated rings. The minimum absolute atomic E-state index is 0.0842. The van der Waals surface area contributed by atoms with Crippen LogP contribution in [0.15, 0.2) is 18.2 Å². The summed E-state index contributed by atoms with van der Waals surface area (Å²) in [5, 5.41) is 0.673. The number of hydroxylamine groups is 1. The highest BCUT2D eigenvalue weighted by Crippen LogP contribution is 2.20. The molecule has 0 aliphatic heterocycles. The van der Waals surface area contributed by atoms with Crippen molar-refractivity contribution in [3.8, 4) is 5.75 Å². The minimum atomic E-state index is -0.316. The summed E-state index contributed by atoms with van der Waals surface area (Å²) in [6.45, 7) is 6.27. The molecule has 0 aromatic heterocycles. The van der Waals surface area contributed by atoms with Gasteiger partial charge in [0, 0.05) is 5.02 Å². The third-order valence-electron chi connectivity index (χ3n) is 2.10. The average molecular weight is 272 g/mol. The maximum absolute atomic E-state index is 11.4. The fourth-order valence-electron chi connectivity index (χ4n) is 1.17. The van der Waals surface area contributed by atoms with Gasteiger partial charge < -0.3 is 4.74 Å². The monoisotopic (exact) mass is 271 g/mol. The van der Waals surface area contributed by atoms with E-state index in [0.29, 0.717) is 23.3 Å². The highest BCUT2D eigenvalue weighted by molar-refractivity contribution is 6.31. The van der Waals surface area contributed by atoms with Crippen LogP contribution in [0.4, 0.5) is 0 Å². The quantitative estimate of drug-likeness (QED) is 0.810. The van der Waals surface area contributed by atoms with Crippen molar-refractivity contribution in [2.75, 3.05) is 13.2 Å². The summed E-state index contributed by atoms with van der Waals surface area (Å²) >= 11 is 5.89. The molecule has 0 unspecified atom stereocenters. The largest absolute Gasteiger partial charge is 0.484 e. The van der Waals surface area contributed by atoms with E-state index in [0.717, 1.165) is 5.56 Å². The van der Waals surface area contributed by atoms with E-state index >= 15 is 0 Å².